The molecule has 1 fully saturated rings. The summed E-state index contributed by atoms with van der Waals surface area (Å²) in [6.45, 7) is 9.39. The monoisotopic (exact) mass is 374 g/mol. The van der Waals surface area contributed by atoms with E-state index in [2.05, 4.69) is 24.1 Å². The summed E-state index contributed by atoms with van der Waals surface area (Å²) in [4.78, 5) is 27.3. The van der Waals surface area contributed by atoms with E-state index in [-0.39, 0.29) is 23.7 Å². The number of fused-ring (bicyclic) bond motifs is 1. The van der Waals surface area contributed by atoms with Gasteiger partial charge in [0.1, 0.15) is 13.2 Å². The van der Waals surface area contributed by atoms with Crippen LogP contribution in [0.3, 0.4) is 0 Å². The minimum Gasteiger partial charge on any atom is -0.486 e. The molecule has 0 saturated carbocycles. The zero-order chi connectivity index (χ0) is 19.4. The number of carbonyl (C=O) groups is 2. The summed E-state index contributed by atoms with van der Waals surface area (Å²) >= 11 is 0. The molecule has 1 saturated heterocycles. The Morgan fingerprint density at radius 1 is 1.11 bits per heavy atom. The van der Waals surface area contributed by atoms with Crippen LogP contribution in [-0.2, 0) is 4.79 Å². The lowest BCUT2D eigenvalue weighted by molar-refractivity contribution is -0.126. The third kappa shape index (κ3) is 4.80. The van der Waals surface area contributed by atoms with Crippen LogP contribution in [0.1, 0.15) is 44.0 Å². The van der Waals surface area contributed by atoms with Crippen molar-refractivity contribution in [2.75, 3.05) is 32.8 Å². The molecule has 1 aromatic rings. The number of nitrogens with one attached hydrogen (secondary N) is 1. The third-order valence-corrected chi connectivity index (χ3v) is 5.34. The molecule has 0 unspecified atom stereocenters. The van der Waals surface area contributed by atoms with Crippen molar-refractivity contribution in [3.05, 3.63) is 23.8 Å². The molecule has 0 aromatic heterocycles. The summed E-state index contributed by atoms with van der Waals surface area (Å²) in [5.41, 5.74) is 0.681. The molecule has 0 bridgehead atoms. The Hall–Kier alpha value is -2.08. The van der Waals surface area contributed by atoms with Crippen molar-refractivity contribution in [3.63, 3.8) is 0 Å². The van der Waals surface area contributed by atoms with Gasteiger partial charge in [-0.1, -0.05) is 13.8 Å². The smallest absolute Gasteiger partial charge is 0.237 e. The predicted octanol–water partition coefficient (Wildman–Crippen LogP) is 2.51. The van der Waals surface area contributed by atoms with Gasteiger partial charge < -0.3 is 14.8 Å². The first-order valence-corrected chi connectivity index (χ1v) is 9.91. The lowest BCUT2D eigenvalue weighted by Gasteiger charge is -2.35. The number of piperidine rings is 1. The molecule has 3 rings (SSSR count). The van der Waals surface area contributed by atoms with Gasteiger partial charge in [-0.25, -0.2) is 0 Å². The number of ether oxygens (including phenoxy) is 2. The zero-order valence-corrected chi connectivity index (χ0v) is 16.5. The SMILES string of the molecule is CC(C)CNC(=O)[C@H](C)N1CCC(C(=O)c2ccc3c(c2)OCCO3)CC1. The number of Topliss-reactive ketones (excluding diaryl/α,β-unsaturated/α-hetero) is 1. The van der Waals surface area contributed by atoms with Crippen molar-refractivity contribution in [2.45, 2.75) is 39.7 Å². The first-order chi connectivity index (χ1) is 13.0. The number of likely N-dealkylation sites (tertiary alicyclic amines) is 1. The van der Waals surface area contributed by atoms with Crippen LogP contribution in [0, 0.1) is 11.8 Å². The van der Waals surface area contributed by atoms with Gasteiger partial charge in [-0.2, -0.15) is 0 Å². The fourth-order valence-corrected chi connectivity index (χ4v) is 3.60. The molecule has 1 N–H and O–H groups in total. The largest absolute Gasteiger partial charge is 0.486 e. The molecule has 0 spiro atoms. The Balaban J connectivity index is 1.54. The van der Waals surface area contributed by atoms with Crippen LogP contribution in [-0.4, -0.2) is 55.5 Å². The molecule has 2 aliphatic heterocycles. The van der Waals surface area contributed by atoms with Crippen LogP contribution in [0.5, 0.6) is 11.5 Å². The Bertz CT molecular complexity index is 681. The minimum absolute atomic E-state index is 0.00488. The predicted molar refractivity (Wildman–Crippen MR) is 103 cm³/mol. The van der Waals surface area contributed by atoms with E-state index in [0.29, 0.717) is 42.7 Å². The van der Waals surface area contributed by atoms with Crippen molar-refractivity contribution in [3.8, 4) is 11.5 Å². The normalized spacial score (nSPS) is 19.0. The average Bonchev–Trinajstić information content (AvgIpc) is 2.70. The highest BCUT2D eigenvalue weighted by Gasteiger charge is 2.30. The van der Waals surface area contributed by atoms with E-state index in [4.69, 9.17) is 9.47 Å². The Morgan fingerprint density at radius 3 is 2.44 bits per heavy atom. The maximum absolute atomic E-state index is 12.9. The number of amides is 1. The number of carbonyl (C=O) groups excluding carboxylic acids is 2. The summed E-state index contributed by atoms with van der Waals surface area (Å²) in [5, 5.41) is 2.99. The highest BCUT2D eigenvalue weighted by molar-refractivity contribution is 5.98. The standard InChI is InChI=1S/C21H30N2O4/c1-14(2)13-22-21(25)15(3)23-8-6-16(7-9-23)20(24)17-4-5-18-19(12-17)27-11-10-26-18/h4-5,12,14-16H,6-11,13H2,1-3H3,(H,22,25)/t15-/m0/s1. The molecule has 0 radical (unpaired) electrons. The fraction of sp³-hybridized carbons (Fsp3) is 0.619. The number of nitrogens with zero attached hydrogens (tertiary/aromatic N) is 1. The van der Waals surface area contributed by atoms with Gasteiger partial charge in [-0.3, -0.25) is 14.5 Å². The summed E-state index contributed by atoms with van der Waals surface area (Å²) in [6.07, 6.45) is 1.55. The highest BCUT2D eigenvalue weighted by Crippen LogP contribution is 2.32. The lowest BCUT2D eigenvalue weighted by Crippen LogP contribution is -2.49. The molecule has 27 heavy (non-hydrogen) atoms. The van der Waals surface area contributed by atoms with Gasteiger partial charge in [0.25, 0.3) is 0 Å². The van der Waals surface area contributed by atoms with Crippen molar-refractivity contribution in [2.24, 2.45) is 11.8 Å². The molecule has 2 heterocycles. The van der Waals surface area contributed by atoms with Gasteiger partial charge in [0.2, 0.25) is 5.91 Å². The second-order valence-electron chi connectivity index (χ2n) is 7.85. The quantitative estimate of drug-likeness (QED) is 0.775. The number of hydrogen-bond donors (Lipinski definition) is 1. The first kappa shape index (κ1) is 19.7. The van der Waals surface area contributed by atoms with Gasteiger partial charge in [-0.15, -0.1) is 0 Å². The third-order valence-electron chi connectivity index (χ3n) is 5.34. The molecular formula is C21H30N2O4. The van der Waals surface area contributed by atoms with Gasteiger partial charge >= 0.3 is 0 Å². The minimum atomic E-state index is -0.158. The van der Waals surface area contributed by atoms with Crippen molar-refractivity contribution in [1.82, 2.24) is 10.2 Å². The maximum atomic E-state index is 12.9. The number of hydrogen-bond acceptors (Lipinski definition) is 5. The van der Waals surface area contributed by atoms with Gasteiger partial charge in [-0.05, 0) is 57.0 Å². The molecule has 1 atom stereocenters. The Morgan fingerprint density at radius 2 is 1.78 bits per heavy atom. The van der Waals surface area contributed by atoms with E-state index in [9.17, 15) is 9.59 Å². The van der Waals surface area contributed by atoms with Crippen LogP contribution >= 0.6 is 0 Å². The van der Waals surface area contributed by atoms with Gasteiger partial charge in [0, 0.05) is 18.0 Å². The number of ketones is 1. The first-order valence-electron chi connectivity index (χ1n) is 9.91. The van der Waals surface area contributed by atoms with Crippen LogP contribution < -0.4 is 14.8 Å². The van der Waals surface area contributed by atoms with E-state index in [1.807, 2.05) is 19.1 Å². The average molecular weight is 374 g/mol. The molecule has 2 aliphatic rings. The Labute approximate surface area is 161 Å². The zero-order valence-electron chi connectivity index (χ0n) is 16.5. The van der Waals surface area contributed by atoms with E-state index in [1.54, 1.807) is 6.07 Å². The van der Waals surface area contributed by atoms with Crippen molar-refractivity contribution < 1.29 is 19.1 Å². The second kappa shape index (κ2) is 8.74. The molecule has 148 valence electrons. The number of benzene rings is 1. The van der Waals surface area contributed by atoms with Crippen LogP contribution in [0.25, 0.3) is 0 Å². The van der Waals surface area contributed by atoms with Gasteiger partial charge in [0.05, 0.1) is 6.04 Å². The molecule has 1 aromatic carbocycles. The highest BCUT2D eigenvalue weighted by atomic mass is 16.6. The van der Waals surface area contributed by atoms with E-state index < -0.39 is 0 Å². The second-order valence-corrected chi connectivity index (χ2v) is 7.85. The van der Waals surface area contributed by atoms with Crippen molar-refractivity contribution in [1.29, 1.82) is 0 Å². The molecule has 0 aliphatic carbocycles. The summed E-state index contributed by atoms with van der Waals surface area (Å²) in [5.74, 6) is 2.02. The van der Waals surface area contributed by atoms with E-state index >= 15 is 0 Å². The molecule has 6 heteroatoms. The van der Waals surface area contributed by atoms with E-state index in [0.717, 1.165) is 25.9 Å². The summed E-state index contributed by atoms with van der Waals surface area (Å²) < 4.78 is 11.1. The van der Waals surface area contributed by atoms with E-state index in [1.165, 1.54) is 0 Å². The molecule has 1 amide bonds. The number of rotatable bonds is 6. The topological polar surface area (TPSA) is 67.9 Å². The van der Waals surface area contributed by atoms with Crippen LogP contribution in [0.4, 0.5) is 0 Å². The summed E-state index contributed by atoms with van der Waals surface area (Å²) in [7, 11) is 0. The van der Waals surface area contributed by atoms with Gasteiger partial charge in [0.15, 0.2) is 17.3 Å². The fourth-order valence-electron chi connectivity index (χ4n) is 3.60. The van der Waals surface area contributed by atoms with Crippen LogP contribution in [0.15, 0.2) is 18.2 Å². The lowest BCUT2D eigenvalue weighted by atomic mass is 9.88. The Kier molecular flexibility index (Phi) is 6.37. The summed E-state index contributed by atoms with van der Waals surface area (Å²) in [6, 6.07) is 5.28. The van der Waals surface area contributed by atoms with Crippen LogP contribution in [0.2, 0.25) is 0 Å². The molecule has 6 nitrogen and oxygen atoms in total. The maximum Gasteiger partial charge on any atom is 0.237 e. The molecular weight excluding hydrogens is 344 g/mol. The van der Waals surface area contributed by atoms with Crippen molar-refractivity contribution >= 4 is 11.7 Å².